The summed E-state index contributed by atoms with van der Waals surface area (Å²) in [7, 11) is 0. The third-order valence-corrected chi connectivity index (χ3v) is 7.83. The first-order valence-electron chi connectivity index (χ1n) is 12.8. The molecule has 1 aromatic rings. The van der Waals surface area contributed by atoms with Crippen molar-refractivity contribution in [3.05, 3.63) is 52.9 Å². The summed E-state index contributed by atoms with van der Waals surface area (Å²) in [5.41, 5.74) is 2.14. The molecule has 0 saturated carbocycles. The average molecular weight is 484 g/mol. The zero-order chi connectivity index (χ0) is 24.5. The Bertz CT molecular complexity index is 859. The van der Waals surface area contributed by atoms with Crippen LogP contribution in [0, 0.1) is 11.8 Å². The van der Waals surface area contributed by atoms with Crippen molar-refractivity contribution in [2.24, 2.45) is 11.8 Å². The Morgan fingerprint density at radius 1 is 1.15 bits per heavy atom. The van der Waals surface area contributed by atoms with Gasteiger partial charge in [-0.3, -0.25) is 14.5 Å². The van der Waals surface area contributed by atoms with E-state index in [1.807, 2.05) is 12.1 Å². The molecule has 0 aliphatic carbocycles. The molecule has 2 amide bonds. The van der Waals surface area contributed by atoms with Gasteiger partial charge in [-0.2, -0.15) is 0 Å². The minimum absolute atomic E-state index is 0.00311. The van der Waals surface area contributed by atoms with Gasteiger partial charge in [0.2, 0.25) is 11.8 Å². The molecule has 0 radical (unpaired) electrons. The summed E-state index contributed by atoms with van der Waals surface area (Å²) in [6, 6.07) is 8.26. The highest BCUT2D eigenvalue weighted by Gasteiger charge is 2.35. The van der Waals surface area contributed by atoms with Gasteiger partial charge >= 0.3 is 0 Å². The Labute approximate surface area is 210 Å². The van der Waals surface area contributed by atoms with Crippen LogP contribution in [0.4, 0.5) is 5.69 Å². The molecule has 2 atom stereocenters. The second-order valence-electron chi connectivity index (χ2n) is 9.87. The largest absolute Gasteiger partial charge is 0.321 e. The third kappa shape index (κ3) is 8.02. The lowest BCUT2D eigenvalue weighted by atomic mass is 10.0. The number of rotatable bonds is 11. The van der Waals surface area contributed by atoms with Crippen LogP contribution in [0.3, 0.4) is 0 Å². The van der Waals surface area contributed by atoms with Crippen LogP contribution in [0.15, 0.2) is 47.4 Å². The van der Waals surface area contributed by atoms with Crippen molar-refractivity contribution in [2.45, 2.75) is 71.8 Å². The van der Waals surface area contributed by atoms with E-state index in [0.717, 1.165) is 49.5 Å². The number of anilines is 1. The number of allylic oxidation sites excluding steroid dienone is 1. The number of thioether (sulfide) groups is 1. The van der Waals surface area contributed by atoms with E-state index in [1.165, 1.54) is 43.0 Å². The van der Waals surface area contributed by atoms with E-state index >= 15 is 0 Å². The number of carbonyl (C=O) groups is 2. The fraction of sp³-hybridized carbons (Fsp3) is 0.571. The summed E-state index contributed by atoms with van der Waals surface area (Å²) in [5.74, 6) is 0.159. The van der Waals surface area contributed by atoms with Crippen LogP contribution in [-0.2, 0) is 16.1 Å². The quantitative estimate of drug-likeness (QED) is 0.415. The number of hydrogen-bond acceptors (Lipinski definition) is 4. The van der Waals surface area contributed by atoms with Gasteiger partial charge in [-0.1, -0.05) is 70.2 Å². The Hall–Kier alpha value is -2.05. The van der Waals surface area contributed by atoms with Crippen LogP contribution in [0.2, 0.25) is 0 Å². The van der Waals surface area contributed by atoms with Gasteiger partial charge in [0, 0.05) is 25.2 Å². The van der Waals surface area contributed by atoms with Gasteiger partial charge in [-0.05, 0) is 67.3 Å². The van der Waals surface area contributed by atoms with Gasteiger partial charge in [0.1, 0.15) is 0 Å². The van der Waals surface area contributed by atoms with Crippen LogP contribution >= 0.6 is 11.8 Å². The monoisotopic (exact) mass is 483 g/mol. The molecule has 1 N–H and O–H groups in total. The molecule has 34 heavy (non-hydrogen) atoms. The standard InChI is InChI=1S/C28H41N3O2S/c1-5-21(2)10-11-22(3)34-23(4)29-28(33)25-18-27(32)31(20-25)26-14-12-24(13-15-26)19-30-16-8-6-7-9-17-30/h12-15,21,25H,3-11,16-20H2,1-2H3,(H,29,33). The fourth-order valence-corrected chi connectivity index (χ4v) is 5.29. The molecular formula is C28H41N3O2S. The number of benzene rings is 1. The summed E-state index contributed by atoms with van der Waals surface area (Å²) in [5, 5.41) is 3.48. The minimum atomic E-state index is -0.366. The van der Waals surface area contributed by atoms with E-state index in [2.05, 4.69) is 49.4 Å². The fourth-order valence-electron chi connectivity index (χ4n) is 4.57. The lowest BCUT2D eigenvalue weighted by molar-refractivity contribution is -0.125. The predicted molar refractivity (Wildman–Crippen MR) is 143 cm³/mol. The highest BCUT2D eigenvalue weighted by Crippen LogP contribution is 2.29. The van der Waals surface area contributed by atoms with E-state index in [0.29, 0.717) is 17.5 Å². The molecule has 5 nitrogen and oxygen atoms in total. The summed E-state index contributed by atoms with van der Waals surface area (Å²) >= 11 is 1.43. The van der Waals surface area contributed by atoms with Gasteiger partial charge in [0.05, 0.1) is 10.9 Å². The zero-order valence-corrected chi connectivity index (χ0v) is 21.8. The molecule has 2 unspecified atom stereocenters. The molecule has 2 aliphatic rings. The number of hydrogen-bond donors (Lipinski definition) is 1. The Kier molecular flexibility index (Phi) is 10.3. The molecule has 3 rings (SSSR count). The Morgan fingerprint density at radius 2 is 1.82 bits per heavy atom. The van der Waals surface area contributed by atoms with Crippen molar-refractivity contribution >= 4 is 29.3 Å². The molecule has 1 aromatic carbocycles. The maximum Gasteiger partial charge on any atom is 0.230 e. The second kappa shape index (κ2) is 13.1. The van der Waals surface area contributed by atoms with Crippen LogP contribution in [0.5, 0.6) is 0 Å². The van der Waals surface area contributed by atoms with Crippen molar-refractivity contribution in [3.63, 3.8) is 0 Å². The Morgan fingerprint density at radius 3 is 2.47 bits per heavy atom. The van der Waals surface area contributed by atoms with Crippen LogP contribution in [-0.4, -0.2) is 36.3 Å². The molecule has 6 heteroatoms. The molecule has 0 spiro atoms. The summed E-state index contributed by atoms with van der Waals surface area (Å²) in [4.78, 5) is 30.7. The number of nitrogens with zero attached hydrogens (tertiary/aromatic N) is 2. The normalized spacial score (nSPS) is 20.1. The van der Waals surface area contributed by atoms with Crippen LogP contribution in [0.1, 0.15) is 70.8 Å². The third-order valence-electron chi connectivity index (χ3n) is 6.99. The SMILES string of the molecule is C=C(CCC(C)CC)SC(=C)NC(=O)C1CC(=O)N(c2ccc(CN3CCCCCC3)cc2)C1. The smallest absolute Gasteiger partial charge is 0.230 e. The van der Waals surface area contributed by atoms with E-state index in [4.69, 9.17) is 0 Å². The molecule has 0 bridgehead atoms. The predicted octanol–water partition coefficient (Wildman–Crippen LogP) is 6.08. The first-order valence-corrected chi connectivity index (χ1v) is 13.6. The lowest BCUT2D eigenvalue weighted by Gasteiger charge is -2.21. The van der Waals surface area contributed by atoms with Gasteiger partial charge in [0.25, 0.3) is 0 Å². The van der Waals surface area contributed by atoms with Gasteiger partial charge in [-0.15, -0.1) is 0 Å². The summed E-state index contributed by atoms with van der Waals surface area (Å²) in [6.07, 6.45) is 8.62. The van der Waals surface area contributed by atoms with Crippen LogP contribution < -0.4 is 10.2 Å². The van der Waals surface area contributed by atoms with Gasteiger partial charge in [-0.25, -0.2) is 0 Å². The highest BCUT2D eigenvalue weighted by atomic mass is 32.2. The maximum absolute atomic E-state index is 12.8. The van der Waals surface area contributed by atoms with E-state index in [1.54, 1.807) is 4.90 Å². The second-order valence-corrected chi connectivity index (χ2v) is 11.1. The highest BCUT2D eigenvalue weighted by molar-refractivity contribution is 8.06. The van der Waals surface area contributed by atoms with Crippen molar-refractivity contribution in [2.75, 3.05) is 24.5 Å². The van der Waals surface area contributed by atoms with Crippen molar-refractivity contribution in [1.82, 2.24) is 10.2 Å². The number of likely N-dealkylation sites (tertiary alicyclic amines) is 1. The molecule has 2 fully saturated rings. The first kappa shape index (κ1) is 26.6. The molecule has 2 saturated heterocycles. The van der Waals surface area contributed by atoms with Crippen molar-refractivity contribution in [1.29, 1.82) is 0 Å². The maximum atomic E-state index is 12.8. The summed E-state index contributed by atoms with van der Waals surface area (Å²) in [6.45, 7) is 16.2. The van der Waals surface area contributed by atoms with Crippen molar-refractivity contribution in [3.8, 4) is 0 Å². The van der Waals surface area contributed by atoms with E-state index < -0.39 is 0 Å². The molecule has 2 heterocycles. The molecule has 2 aliphatic heterocycles. The molecule has 0 aromatic heterocycles. The topological polar surface area (TPSA) is 52.7 Å². The average Bonchev–Trinajstić information content (AvgIpc) is 3.02. The van der Waals surface area contributed by atoms with Crippen molar-refractivity contribution < 1.29 is 9.59 Å². The summed E-state index contributed by atoms with van der Waals surface area (Å²) < 4.78 is 0. The zero-order valence-electron chi connectivity index (χ0n) is 21.0. The van der Waals surface area contributed by atoms with Crippen LogP contribution in [0.25, 0.3) is 0 Å². The van der Waals surface area contributed by atoms with E-state index in [9.17, 15) is 9.59 Å². The van der Waals surface area contributed by atoms with Gasteiger partial charge < -0.3 is 10.2 Å². The van der Waals surface area contributed by atoms with Gasteiger partial charge in [0.15, 0.2) is 0 Å². The molecular weight excluding hydrogens is 442 g/mol. The number of nitrogens with one attached hydrogen (secondary N) is 1. The minimum Gasteiger partial charge on any atom is -0.321 e. The van der Waals surface area contributed by atoms with E-state index in [-0.39, 0.29) is 24.2 Å². The number of carbonyl (C=O) groups excluding carboxylic acids is 2. The first-order chi connectivity index (χ1) is 16.4. The Balaban J connectivity index is 1.47. The lowest BCUT2D eigenvalue weighted by Crippen LogP contribution is -2.31. The number of amides is 2. The molecule has 186 valence electrons.